The second kappa shape index (κ2) is 10.3. The Morgan fingerprint density at radius 2 is 0.885 bits per heavy atom. The fourth-order valence-electron chi connectivity index (χ4n) is 1.62. The Morgan fingerprint density at radius 1 is 0.615 bits per heavy atom. The summed E-state index contributed by atoms with van der Waals surface area (Å²) in [5, 5.41) is 18.1. The van der Waals surface area contributed by atoms with Gasteiger partial charge in [0, 0.05) is 0 Å². The predicted octanol–water partition coefficient (Wildman–Crippen LogP) is -2.56. The fourth-order valence-corrected chi connectivity index (χ4v) is 1.62. The van der Waals surface area contributed by atoms with Crippen LogP contribution in [-0.2, 0) is 24.0 Å². The Morgan fingerprint density at radius 3 is 1.15 bits per heavy atom. The van der Waals surface area contributed by atoms with E-state index in [2.05, 4.69) is 21.3 Å². The van der Waals surface area contributed by atoms with Crippen molar-refractivity contribution in [3.05, 3.63) is 0 Å². The van der Waals surface area contributed by atoms with Crippen LogP contribution in [0.1, 0.15) is 34.6 Å². The molecule has 0 radical (unpaired) electrons. The standard InChI is InChI=1S/C15H27N5O6/c1-6(16)11(21)17-7(2)12(22)18-8(3)13(23)19-9(4)14(24)20-10(5)15(25)26/h6-10H,16H2,1-5H3,(H,17,21)(H,18,22)(H,19,23)(H,20,24)(H,25,26)/t6?,7?,8?,9-,10-/m1/s1. The number of rotatable bonds is 9. The van der Waals surface area contributed by atoms with E-state index in [1.165, 1.54) is 34.6 Å². The van der Waals surface area contributed by atoms with E-state index in [9.17, 15) is 24.0 Å². The zero-order chi connectivity index (χ0) is 20.6. The molecule has 5 atom stereocenters. The van der Waals surface area contributed by atoms with Crippen LogP contribution >= 0.6 is 0 Å². The number of carbonyl (C=O) groups is 5. The summed E-state index contributed by atoms with van der Waals surface area (Å²) in [7, 11) is 0. The van der Waals surface area contributed by atoms with E-state index in [1.54, 1.807) is 0 Å². The van der Waals surface area contributed by atoms with Crippen molar-refractivity contribution in [1.29, 1.82) is 0 Å². The number of hydrogen-bond acceptors (Lipinski definition) is 6. The Balaban J connectivity index is 4.54. The van der Waals surface area contributed by atoms with Gasteiger partial charge >= 0.3 is 5.97 Å². The van der Waals surface area contributed by atoms with Gasteiger partial charge in [0.15, 0.2) is 0 Å². The highest BCUT2D eigenvalue weighted by Gasteiger charge is 2.25. The van der Waals surface area contributed by atoms with Crippen LogP contribution in [0.25, 0.3) is 0 Å². The van der Waals surface area contributed by atoms with Crippen molar-refractivity contribution in [3.8, 4) is 0 Å². The summed E-state index contributed by atoms with van der Waals surface area (Å²) in [6.45, 7) is 6.96. The van der Waals surface area contributed by atoms with Gasteiger partial charge in [-0.05, 0) is 34.6 Å². The molecule has 0 rings (SSSR count). The van der Waals surface area contributed by atoms with Gasteiger partial charge in [-0.25, -0.2) is 0 Å². The zero-order valence-electron chi connectivity index (χ0n) is 15.5. The molecule has 0 aliphatic rings. The number of carboxylic acids is 1. The molecule has 0 aromatic rings. The van der Waals surface area contributed by atoms with Gasteiger partial charge < -0.3 is 32.1 Å². The number of aliphatic carboxylic acids is 1. The maximum absolute atomic E-state index is 12.0. The van der Waals surface area contributed by atoms with E-state index in [1.807, 2.05) is 0 Å². The highest BCUT2D eigenvalue weighted by Crippen LogP contribution is 1.92. The molecule has 26 heavy (non-hydrogen) atoms. The lowest BCUT2D eigenvalue weighted by atomic mass is 10.2. The smallest absolute Gasteiger partial charge is 0.325 e. The lowest BCUT2D eigenvalue weighted by molar-refractivity contribution is -0.141. The van der Waals surface area contributed by atoms with Crippen LogP contribution in [0.4, 0.5) is 0 Å². The van der Waals surface area contributed by atoms with Crippen LogP contribution < -0.4 is 27.0 Å². The Labute approximate surface area is 151 Å². The monoisotopic (exact) mass is 373 g/mol. The van der Waals surface area contributed by atoms with E-state index >= 15 is 0 Å². The highest BCUT2D eigenvalue weighted by molar-refractivity contribution is 5.94. The third kappa shape index (κ3) is 7.92. The quantitative estimate of drug-likeness (QED) is 0.257. The zero-order valence-corrected chi connectivity index (χ0v) is 15.5. The van der Waals surface area contributed by atoms with Crippen LogP contribution in [-0.4, -0.2) is 64.9 Å². The van der Waals surface area contributed by atoms with E-state index in [0.717, 1.165) is 0 Å². The van der Waals surface area contributed by atoms with Gasteiger partial charge in [0.05, 0.1) is 6.04 Å². The first kappa shape index (κ1) is 23.3. The van der Waals surface area contributed by atoms with Crippen molar-refractivity contribution in [2.45, 2.75) is 64.8 Å². The van der Waals surface area contributed by atoms with Gasteiger partial charge in [-0.2, -0.15) is 0 Å². The normalized spacial score (nSPS) is 16.2. The molecule has 0 heterocycles. The first-order valence-electron chi connectivity index (χ1n) is 8.06. The Bertz CT molecular complexity index is 565. The van der Waals surface area contributed by atoms with Crippen LogP contribution in [0.5, 0.6) is 0 Å². The molecule has 3 unspecified atom stereocenters. The van der Waals surface area contributed by atoms with E-state index in [-0.39, 0.29) is 0 Å². The maximum Gasteiger partial charge on any atom is 0.325 e. The number of nitrogens with one attached hydrogen (secondary N) is 4. The molecule has 4 amide bonds. The molecule has 0 aromatic heterocycles. The van der Waals surface area contributed by atoms with Gasteiger partial charge in [-0.3, -0.25) is 24.0 Å². The van der Waals surface area contributed by atoms with Crippen molar-refractivity contribution >= 4 is 29.6 Å². The van der Waals surface area contributed by atoms with Crippen molar-refractivity contribution in [3.63, 3.8) is 0 Å². The van der Waals surface area contributed by atoms with E-state index in [4.69, 9.17) is 10.8 Å². The minimum absolute atomic E-state index is 0.511. The van der Waals surface area contributed by atoms with E-state index < -0.39 is 59.8 Å². The average Bonchev–Trinajstić information content (AvgIpc) is 2.53. The van der Waals surface area contributed by atoms with Gasteiger partial charge in [0.25, 0.3) is 0 Å². The van der Waals surface area contributed by atoms with Crippen molar-refractivity contribution in [2.75, 3.05) is 0 Å². The maximum atomic E-state index is 12.0. The molecule has 7 N–H and O–H groups in total. The molecular formula is C15H27N5O6. The number of amides is 4. The SMILES string of the molecule is CC(N)C(=O)NC(C)C(=O)NC(C)C(=O)N[C@H](C)C(=O)N[C@H](C)C(=O)O. The molecular weight excluding hydrogens is 346 g/mol. The Hall–Kier alpha value is -2.69. The second-order valence-electron chi connectivity index (χ2n) is 6.05. The number of carbonyl (C=O) groups excluding carboxylic acids is 4. The molecule has 11 heteroatoms. The summed E-state index contributed by atoms with van der Waals surface area (Å²) < 4.78 is 0. The van der Waals surface area contributed by atoms with Crippen molar-refractivity contribution in [1.82, 2.24) is 21.3 Å². The summed E-state index contributed by atoms with van der Waals surface area (Å²) in [5.74, 6) is -3.64. The second-order valence-corrected chi connectivity index (χ2v) is 6.05. The predicted molar refractivity (Wildman–Crippen MR) is 91.7 cm³/mol. The number of hydrogen-bond donors (Lipinski definition) is 6. The van der Waals surface area contributed by atoms with Crippen molar-refractivity contribution in [2.24, 2.45) is 5.73 Å². The third-order valence-electron chi connectivity index (χ3n) is 3.40. The lowest BCUT2D eigenvalue weighted by Crippen LogP contribution is -2.56. The summed E-state index contributed by atoms with van der Waals surface area (Å²) in [4.78, 5) is 58.0. The molecule has 0 saturated heterocycles. The number of carboxylic acid groups (broad SMARTS) is 1. The van der Waals surface area contributed by atoms with Crippen LogP contribution in [0.15, 0.2) is 0 Å². The molecule has 0 aromatic carbocycles. The van der Waals surface area contributed by atoms with Gasteiger partial charge in [-0.15, -0.1) is 0 Å². The fraction of sp³-hybridized carbons (Fsp3) is 0.667. The summed E-state index contributed by atoms with van der Waals surface area (Å²) in [6.07, 6.45) is 0. The molecule has 0 spiro atoms. The summed E-state index contributed by atoms with van der Waals surface area (Å²) in [6, 6.07) is -4.77. The molecule has 148 valence electrons. The average molecular weight is 373 g/mol. The topological polar surface area (TPSA) is 180 Å². The largest absolute Gasteiger partial charge is 0.480 e. The minimum atomic E-state index is -1.21. The molecule has 0 aliphatic heterocycles. The molecule has 0 aliphatic carbocycles. The van der Waals surface area contributed by atoms with Crippen LogP contribution in [0.2, 0.25) is 0 Å². The lowest BCUT2D eigenvalue weighted by Gasteiger charge is -2.21. The van der Waals surface area contributed by atoms with Gasteiger partial charge in [-0.1, -0.05) is 0 Å². The molecule has 0 fully saturated rings. The molecule has 0 bridgehead atoms. The number of nitrogens with two attached hydrogens (primary N) is 1. The minimum Gasteiger partial charge on any atom is -0.480 e. The Kier molecular flexibility index (Phi) is 9.27. The molecule has 0 saturated carbocycles. The van der Waals surface area contributed by atoms with Crippen LogP contribution in [0, 0.1) is 0 Å². The van der Waals surface area contributed by atoms with E-state index in [0.29, 0.717) is 0 Å². The molecule has 11 nitrogen and oxygen atoms in total. The van der Waals surface area contributed by atoms with Crippen LogP contribution in [0.3, 0.4) is 0 Å². The van der Waals surface area contributed by atoms with Gasteiger partial charge in [0.2, 0.25) is 23.6 Å². The van der Waals surface area contributed by atoms with Crippen molar-refractivity contribution < 1.29 is 29.1 Å². The highest BCUT2D eigenvalue weighted by atomic mass is 16.4. The first-order valence-corrected chi connectivity index (χ1v) is 8.06. The third-order valence-corrected chi connectivity index (χ3v) is 3.40. The first-order chi connectivity index (χ1) is 11.9. The van der Waals surface area contributed by atoms with Gasteiger partial charge in [0.1, 0.15) is 24.2 Å². The summed E-state index contributed by atoms with van der Waals surface area (Å²) in [5.41, 5.74) is 5.39. The summed E-state index contributed by atoms with van der Waals surface area (Å²) >= 11 is 0.